The van der Waals surface area contributed by atoms with Crippen LogP contribution in [0.1, 0.15) is 31.1 Å². The van der Waals surface area contributed by atoms with Crippen LogP contribution >= 0.6 is 11.6 Å². The number of benzene rings is 2. The van der Waals surface area contributed by atoms with Gasteiger partial charge in [-0.05, 0) is 42.5 Å². The molecule has 0 radical (unpaired) electrons. The predicted molar refractivity (Wildman–Crippen MR) is 98.1 cm³/mol. The standard InChI is InChI=1S/C20H11ClN2O5/c21-13-7-10-17(22-11-13)27-14-8-5-12(6-9-14)20(26)28-23-18(24)15-3-1-2-4-16(15)19(23)25/h1-11H. The molecular weight excluding hydrogens is 384 g/mol. The number of amides is 2. The first-order chi connectivity index (χ1) is 13.5. The fraction of sp³-hybridized carbons (Fsp3) is 0. The van der Waals surface area contributed by atoms with Crippen molar-refractivity contribution in [3.8, 4) is 11.6 Å². The van der Waals surface area contributed by atoms with Gasteiger partial charge in [0.2, 0.25) is 5.88 Å². The van der Waals surface area contributed by atoms with E-state index in [9.17, 15) is 14.4 Å². The molecule has 4 rings (SSSR count). The van der Waals surface area contributed by atoms with Crippen LogP contribution in [0.4, 0.5) is 0 Å². The molecule has 28 heavy (non-hydrogen) atoms. The molecule has 2 amide bonds. The van der Waals surface area contributed by atoms with E-state index in [0.717, 1.165) is 0 Å². The summed E-state index contributed by atoms with van der Waals surface area (Å²) in [4.78, 5) is 45.8. The van der Waals surface area contributed by atoms with Crippen LogP contribution in [-0.2, 0) is 4.84 Å². The summed E-state index contributed by atoms with van der Waals surface area (Å²) in [6.45, 7) is 0. The number of halogens is 1. The molecule has 1 aliphatic heterocycles. The van der Waals surface area contributed by atoms with Gasteiger partial charge in [0.15, 0.2) is 0 Å². The number of hydroxylamine groups is 2. The Morgan fingerprint density at radius 1 is 0.893 bits per heavy atom. The number of nitrogens with zero attached hydrogens (tertiary/aromatic N) is 2. The maximum Gasteiger partial charge on any atom is 0.363 e. The van der Waals surface area contributed by atoms with Gasteiger partial charge in [-0.15, -0.1) is 0 Å². The number of carbonyl (C=O) groups is 3. The summed E-state index contributed by atoms with van der Waals surface area (Å²) in [7, 11) is 0. The summed E-state index contributed by atoms with van der Waals surface area (Å²) < 4.78 is 5.54. The molecule has 0 bridgehead atoms. The van der Waals surface area contributed by atoms with Crippen molar-refractivity contribution in [2.45, 2.75) is 0 Å². The molecule has 0 spiro atoms. The fourth-order valence-electron chi connectivity index (χ4n) is 2.59. The van der Waals surface area contributed by atoms with Crippen molar-refractivity contribution in [2.24, 2.45) is 0 Å². The number of ether oxygens (including phenoxy) is 1. The number of hydrogen-bond acceptors (Lipinski definition) is 6. The highest BCUT2D eigenvalue weighted by atomic mass is 35.5. The fourth-order valence-corrected chi connectivity index (χ4v) is 2.70. The molecule has 138 valence electrons. The lowest BCUT2D eigenvalue weighted by Gasteiger charge is -2.12. The quantitative estimate of drug-likeness (QED) is 0.624. The van der Waals surface area contributed by atoms with Crippen LogP contribution in [0.2, 0.25) is 5.02 Å². The van der Waals surface area contributed by atoms with Gasteiger partial charge in [-0.25, -0.2) is 9.78 Å². The van der Waals surface area contributed by atoms with Gasteiger partial charge in [0.25, 0.3) is 11.8 Å². The first-order valence-electron chi connectivity index (χ1n) is 8.12. The van der Waals surface area contributed by atoms with Crippen LogP contribution in [0, 0.1) is 0 Å². The highest BCUT2D eigenvalue weighted by Crippen LogP contribution is 2.24. The summed E-state index contributed by atoms with van der Waals surface area (Å²) in [5.41, 5.74) is 0.534. The second kappa shape index (κ2) is 7.13. The van der Waals surface area contributed by atoms with E-state index in [1.807, 2.05) is 0 Å². The number of rotatable bonds is 4. The SMILES string of the molecule is O=C(ON1C(=O)c2ccccc2C1=O)c1ccc(Oc2ccc(Cl)cn2)cc1. The molecule has 0 N–H and O–H groups in total. The second-order valence-corrected chi connectivity index (χ2v) is 6.21. The summed E-state index contributed by atoms with van der Waals surface area (Å²) in [6.07, 6.45) is 1.45. The maximum atomic E-state index is 12.3. The molecule has 1 aromatic heterocycles. The van der Waals surface area contributed by atoms with Gasteiger partial charge in [-0.1, -0.05) is 28.8 Å². The van der Waals surface area contributed by atoms with Gasteiger partial charge in [-0.2, -0.15) is 0 Å². The topological polar surface area (TPSA) is 85.8 Å². The molecule has 0 saturated carbocycles. The number of imide groups is 1. The average molecular weight is 395 g/mol. The molecule has 7 nitrogen and oxygen atoms in total. The number of fused-ring (bicyclic) bond motifs is 1. The van der Waals surface area contributed by atoms with Gasteiger partial charge >= 0.3 is 5.97 Å². The first-order valence-corrected chi connectivity index (χ1v) is 8.50. The Morgan fingerprint density at radius 3 is 2.11 bits per heavy atom. The molecule has 0 aliphatic carbocycles. The Balaban J connectivity index is 1.45. The molecule has 3 aromatic rings. The minimum atomic E-state index is -0.842. The smallest absolute Gasteiger partial charge is 0.363 e. The molecule has 1 aliphatic rings. The molecule has 2 heterocycles. The van der Waals surface area contributed by atoms with Gasteiger partial charge in [0, 0.05) is 12.3 Å². The summed E-state index contributed by atoms with van der Waals surface area (Å²) in [6, 6.07) is 15.5. The molecular formula is C20H11ClN2O5. The molecule has 0 atom stereocenters. The van der Waals surface area contributed by atoms with E-state index in [1.54, 1.807) is 24.3 Å². The van der Waals surface area contributed by atoms with Crippen molar-refractivity contribution in [1.29, 1.82) is 0 Å². The van der Waals surface area contributed by atoms with Gasteiger partial charge in [0.05, 0.1) is 21.7 Å². The zero-order valence-corrected chi connectivity index (χ0v) is 14.9. The minimum Gasteiger partial charge on any atom is -0.439 e. The Kier molecular flexibility index (Phi) is 4.50. The Morgan fingerprint density at radius 2 is 1.54 bits per heavy atom. The number of aromatic nitrogens is 1. The highest BCUT2D eigenvalue weighted by Gasteiger charge is 2.38. The van der Waals surface area contributed by atoms with E-state index in [0.29, 0.717) is 21.7 Å². The normalized spacial score (nSPS) is 12.7. The van der Waals surface area contributed by atoms with Crippen molar-refractivity contribution in [3.05, 3.63) is 88.6 Å². The summed E-state index contributed by atoms with van der Waals surface area (Å²) in [5.74, 6) is -1.42. The van der Waals surface area contributed by atoms with Crippen molar-refractivity contribution >= 4 is 29.4 Å². The lowest BCUT2D eigenvalue weighted by molar-refractivity contribution is -0.0584. The minimum absolute atomic E-state index is 0.146. The second-order valence-electron chi connectivity index (χ2n) is 5.77. The van der Waals surface area contributed by atoms with Crippen LogP contribution < -0.4 is 4.74 Å². The van der Waals surface area contributed by atoms with Crippen LogP contribution in [0.3, 0.4) is 0 Å². The van der Waals surface area contributed by atoms with E-state index in [2.05, 4.69) is 4.98 Å². The van der Waals surface area contributed by atoms with Crippen LogP contribution in [0.25, 0.3) is 0 Å². The van der Waals surface area contributed by atoms with Crippen LogP contribution in [-0.4, -0.2) is 27.8 Å². The van der Waals surface area contributed by atoms with E-state index >= 15 is 0 Å². The average Bonchev–Trinajstić information content (AvgIpc) is 2.95. The summed E-state index contributed by atoms with van der Waals surface area (Å²) in [5, 5.41) is 0.952. The van der Waals surface area contributed by atoms with Crippen molar-refractivity contribution in [1.82, 2.24) is 10.0 Å². The Hall–Kier alpha value is -3.71. The third-order valence-corrected chi connectivity index (χ3v) is 4.17. The number of pyridine rings is 1. The third-order valence-electron chi connectivity index (χ3n) is 3.94. The Bertz CT molecular complexity index is 1050. The zero-order chi connectivity index (χ0) is 19.7. The lowest BCUT2D eigenvalue weighted by Crippen LogP contribution is -2.32. The lowest BCUT2D eigenvalue weighted by atomic mass is 10.1. The maximum absolute atomic E-state index is 12.3. The number of carbonyl (C=O) groups excluding carboxylic acids is 3. The highest BCUT2D eigenvalue weighted by molar-refractivity contribution is 6.30. The van der Waals surface area contributed by atoms with E-state index in [-0.39, 0.29) is 16.7 Å². The molecule has 0 saturated heterocycles. The van der Waals surface area contributed by atoms with E-state index in [4.69, 9.17) is 21.2 Å². The van der Waals surface area contributed by atoms with Gasteiger partial charge in [0.1, 0.15) is 5.75 Å². The zero-order valence-electron chi connectivity index (χ0n) is 14.2. The van der Waals surface area contributed by atoms with Crippen molar-refractivity contribution < 1.29 is 24.0 Å². The predicted octanol–water partition coefficient (Wildman–Crippen LogP) is 3.90. The van der Waals surface area contributed by atoms with Crippen molar-refractivity contribution in [2.75, 3.05) is 0 Å². The molecule has 8 heteroatoms. The monoisotopic (exact) mass is 394 g/mol. The third kappa shape index (κ3) is 3.30. The summed E-state index contributed by atoms with van der Waals surface area (Å²) >= 11 is 5.77. The largest absolute Gasteiger partial charge is 0.439 e. The van der Waals surface area contributed by atoms with Crippen LogP contribution in [0.15, 0.2) is 66.9 Å². The van der Waals surface area contributed by atoms with Gasteiger partial charge < -0.3 is 9.57 Å². The van der Waals surface area contributed by atoms with Crippen LogP contribution in [0.5, 0.6) is 11.6 Å². The first kappa shape index (κ1) is 17.7. The molecule has 0 unspecified atom stereocenters. The Labute approximate surface area is 164 Å². The van der Waals surface area contributed by atoms with Crippen molar-refractivity contribution in [3.63, 3.8) is 0 Å². The van der Waals surface area contributed by atoms with E-state index < -0.39 is 17.8 Å². The number of hydrogen-bond donors (Lipinski definition) is 0. The molecule has 2 aromatic carbocycles. The molecule has 0 fully saturated rings. The van der Waals surface area contributed by atoms with E-state index in [1.165, 1.54) is 42.6 Å². The van der Waals surface area contributed by atoms with Gasteiger partial charge in [-0.3, -0.25) is 9.59 Å².